The van der Waals surface area contributed by atoms with Crippen molar-refractivity contribution in [3.63, 3.8) is 0 Å². The Bertz CT molecular complexity index is 824. The number of rotatable bonds is 4. The van der Waals surface area contributed by atoms with E-state index in [0.717, 1.165) is 5.56 Å². The molecule has 0 spiro atoms. The second kappa shape index (κ2) is 6.19. The number of benzene rings is 1. The van der Waals surface area contributed by atoms with Gasteiger partial charge in [-0.05, 0) is 24.6 Å². The Morgan fingerprint density at radius 3 is 2.83 bits per heavy atom. The van der Waals surface area contributed by atoms with Crippen molar-refractivity contribution in [3.8, 4) is 0 Å². The lowest BCUT2D eigenvalue weighted by Gasteiger charge is -2.24. The lowest BCUT2D eigenvalue weighted by Crippen LogP contribution is -2.34. The van der Waals surface area contributed by atoms with E-state index in [1.54, 1.807) is 25.1 Å². The SMILES string of the molecule is Cc1oc(CNC(=O)[C@@H]2CC(=O)Nc3ccccc32)cc1C(=O)O. The van der Waals surface area contributed by atoms with Crippen LogP contribution in [0.2, 0.25) is 0 Å². The number of hydrogen-bond acceptors (Lipinski definition) is 4. The molecule has 124 valence electrons. The normalized spacial score (nSPS) is 16.2. The average molecular weight is 328 g/mol. The molecule has 7 heteroatoms. The summed E-state index contributed by atoms with van der Waals surface area (Å²) >= 11 is 0. The molecule has 2 amide bonds. The third-order valence-electron chi connectivity index (χ3n) is 3.95. The molecule has 3 N–H and O–H groups in total. The fourth-order valence-corrected chi connectivity index (χ4v) is 2.79. The van der Waals surface area contributed by atoms with Crippen molar-refractivity contribution in [2.45, 2.75) is 25.8 Å². The molecule has 1 aliphatic heterocycles. The molecule has 1 aromatic heterocycles. The van der Waals surface area contributed by atoms with E-state index in [9.17, 15) is 14.4 Å². The molecule has 2 heterocycles. The summed E-state index contributed by atoms with van der Waals surface area (Å²) in [5.74, 6) is -1.53. The van der Waals surface area contributed by atoms with Crippen molar-refractivity contribution in [2.24, 2.45) is 0 Å². The summed E-state index contributed by atoms with van der Waals surface area (Å²) in [6.45, 7) is 1.61. The molecule has 24 heavy (non-hydrogen) atoms. The van der Waals surface area contributed by atoms with E-state index < -0.39 is 11.9 Å². The lowest BCUT2D eigenvalue weighted by atomic mass is 9.90. The molecule has 3 rings (SSSR count). The van der Waals surface area contributed by atoms with E-state index in [1.165, 1.54) is 6.07 Å². The van der Waals surface area contributed by atoms with Gasteiger partial charge in [0, 0.05) is 12.1 Å². The van der Waals surface area contributed by atoms with Gasteiger partial charge in [-0.2, -0.15) is 0 Å². The number of amides is 2. The van der Waals surface area contributed by atoms with Gasteiger partial charge in [0.2, 0.25) is 11.8 Å². The van der Waals surface area contributed by atoms with Crippen LogP contribution in [-0.4, -0.2) is 22.9 Å². The summed E-state index contributed by atoms with van der Waals surface area (Å²) in [6.07, 6.45) is 0.0698. The summed E-state index contributed by atoms with van der Waals surface area (Å²) < 4.78 is 5.33. The van der Waals surface area contributed by atoms with Gasteiger partial charge < -0.3 is 20.2 Å². The molecule has 0 aliphatic carbocycles. The first kappa shape index (κ1) is 15.8. The molecular weight excluding hydrogens is 312 g/mol. The first-order valence-corrected chi connectivity index (χ1v) is 7.45. The fourth-order valence-electron chi connectivity index (χ4n) is 2.79. The predicted octanol–water partition coefficient (Wildman–Crippen LogP) is 2.03. The van der Waals surface area contributed by atoms with Crippen molar-refractivity contribution in [3.05, 3.63) is 53.0 Å². The van der Waals surface area contributed by atoms with Crippen molar-refractivity contribution in [2.75, 3.05) is 5.32 Å². The van der Waals surface area contributed by atoms with Crippen LogP contribution in [0.5, 0.6) is 0 Å². The smallest absolute Gasteiger partial charge is 0.339 e. The maximum absolute atomic E-state index is 12.5. The van der Waals surface area contributed by atoms with Gasteiger partial charge in [-0.15, -0.1) is 0 Å². The van der Waals surface area contributed by atoms with Gasteiger partial charge in [0.25, 0.3) is 0 Å². The second-order valence-electron chi connectivity index (χ2n) is 5.60. The second-order valence-corrected chi connectivity index (χ2v) is 5.60. The summed E-state index contributed by atoms with van der Waals surface area (Å²) in [7, 11) is 0. The number of carboxylic acids is 1. The van der Waals surface area contributed by atoms with Gasteiger partial charge in [-0.1, -0.05) is 18.2 Å². The number of hydrogen-bond donors (Lipinski definition) is 3. The highest BCUT2D eigenvalue weighted by Gasteiger charge is 2.30. The Morgan fingerprint density at radius 1 is 1.38 bits per heavy atom. The molecule has 2 aromatic rings. The Kier molecular flexibility index (Phi) is 4.07. The summed E-state index contributed by atoms with van der Waals surface area (Å²) in [4.78, 5) is 35.2. The van der Waals surface area contributed by atoms with Gasteiger partial charge >= 0.3 is 5.97 Å². The maximum Gasteiger partial charge on any atom is 0.339 e. The molecule has 0 bridgehead atoms. The third-order valence-corrected chi connectivity index (χ3v) is 3.95. The van der Waals surface area contributed by atoms with Crippen LogP contribution in [0.1, 0.15) is 39.8 Å². The van der Waals surface area contributed by atoms with E-state index in [-0.39, 0.29) is 36.1 Å². The van der Waals surface area contributed by atoms with Crippen LogP contribution in [0.4, 0.5) is 5.69 Å². The Labute approximate surface area is 137 Å². The Balaban J connectivity index is 1.73. The number of fused-ring (bicyclic) bond motifs is 1. The zero-order valence-corrected chi connectivity index (χ0v) is 13.0. The Morgan fingerprint density at radius 2 is 2.12 bits per heavy atom. The minimum absolute atomic E-state index is 0.0627. The van der Waals surface area contributed by atoms with Crippen LogP contribution >= 0.6 is 0 Å². The van der Waals surface area contributed by atoms with Crippen LogP contribution in [0.3, 0.4) is 0 Å². The molecular formula is C17H16N2O5. The predicted molar refractivity (Wildman–Crippen MR) is 84.7 cm³/mol. The molecule has 0 unspecified atom stereocenters. The topological polar surface area (TPSA) is 109 Å². The summed E-state index contributed by atoms with van der Waals surface area (Å²) in [6, 6.07) is 8.55. The maximum atomic E-state index is 12.5. The molecule has 1 aliphatic rings. The standard InChI is InChI=1S/C17H16N2O5/c1-9-12(17(22)23)6-10(24-9)8-18-16(21)13-7-15(20)19-14-5-3-2-4-11(13)14/h2-6,13H,7-8H2,1H3,(H,18,21)(H,19,20)(H,22,23)/t13-/m1/s1. The lowest BCUT2D eigenvalue weighted by molar-refractivity contribution is -0.126. The number of nitrogens with one attached hydrogen (secondary N) is 2. The highest BCUT2D eigenvalue weighted by Crippen LogP contribution is 2.32. The molecule has 0 radical (unpaired) electrons. The number of carbonyl (C=O) groups excluding carboxylic acids is 2. The number of carboxylic acid groups (broad SMARTS) is 1. The van der Waals surface area contributed by atoms with E-state index in [2.05, 4.69) is 10.6 Å². The zero-order chi connectivity index (χ0) is 17.3. The number of carbonyl (C=O) groups is 3. The molecule has 0 fully saturated rings. The molecule has 1 atom stereocenters. The van der Waals surface area contributed by atoms with E-state index in [4.69, 9.17) is 9.52 Å². The first-order valence-electron chi connectivity index (χ1n) is 7.45. The molecule has 0 saturated heterocycles. The number of anilines is 1. The van der Waals surface area contributed by atoms with Gasteiger partial charge in [0.05, 0.1) is 12.5 Å². The van der Waals surface area contributed by atoms with Gasteiger partial charge in [0.1, 0.15) is 17.1 Å². The van der Waals surface area contributed by atoms with Crippen LogP contribution < -0.4 is 10.6 Å². The number of aryl methyl sites for hydroxylation is 1. The van der Waals surface area contributed by atoms with E-state index in [1.807, 2.05) is 6.07 Å². The van der Waals surface area contributed by atoms with Crippen molar-refractivity contribution in [1.82, 2.24) is 5.32 Å². The number of para-hydroxylation sites is 1. The van der Waals surface area contributed by atoms with Crippen LogP contribution in [0.15, 0.2) is 34.7 Å². The zero-order valence-electron chi connectivity index (χ0n) is 13.0. The van der Waals surface area contributed by atoms with Crippen molar-refractivity contribution < 1.29 is 23.9 Å². The van der Waals surface area contributed by atoms with Crippen molar-refractivity contribution >= 4 is 23.5 Å². The van der Waals surface area contributed by atoms with Crippen molar-refractivity contribution in [1.29, 1.82) is 0 Å². The highest BCUT2D eigenvalue weighted by atomic mass is 16.4. The average Bonchev–Trinajstić information content (AvgIpc) is 2.93. The van der Waals surface area contributed by atoms with E-state index >= 15 is 0 Å². The van der Waals surface area contributed by atoms with Gasteiger partial charge in [-0.25, -0.2) is 4.79 Å². The minimum Gasteiger partial charge on any atom is -0.478 e. The molecule has 1 aromatic carbocycles. The van der Waals surface area contributed by atoms with Gasteiger partial charge in [-0.3, -0.25) is 9.59 Å². The first-order chi connectivity index (χ1) is 11.5. The minimum atomic E-state index is -1.08. The largest absolute Gasteiger partial charge is 0.478 e. The van der Waals surface area contributed by atoms with Crippen LogP contribution in [0, 0.1) is 6.92 Å². The quantitative estimate of drug-likeness (QED) is 0.796. The third kappa shape index (κ3) is 3.01. The number of furan rings is 1. The van der Waals surface area contributed by atoms with Crippen LogP contribution in [-0.2, 0) is 16.1 Å². The van der Waals surface area contributed by atoms with E-state index in [0.29, 0.717) is 11.4 Å². The summed E-state index contributed by atoms with van der Waals surface area (Å²) in [5, 5.41) is 14.4. The van der Waals surface area contributed by atoms with Gasteiger partial charge in [0.15, 0.2) is 0 Å². The highest BCUT2D eigenvalue weighted by molar-refractivity contribution is 6.01. The molecule has 0 saturated carbocycles. The Hall–Kier alpha value is -3.09. The summed E-state index contributed by atoms with van der Waals surface area (Å²) in [5.41, 5.74) is 1.47. The van der Waals surface area contributed by atoms with Crippen LogP contribution in [0.25, 0.3) is 0 Å². The monoisotopic (exact) mass is 328 g/mol. The fraction of sp³-hybridized carbons (Fsp3) is 0.235. The number of aromatic carboxylic acids is 1. The molecule has 7 nitrogen and oxygen atoms in total.